The first-order valence-electron chi connectivity index (χ1n) is 6.43. The molecule has 0 aromatic heterocycles. The van der Waals surface area contributed by atoms with E-state index < -0.39 is 4.92 Å². The molecule has 1 fully saturated rings. The number of methoxy groups -OCH3 is 1. The van der Waals surface area contributed by atoms with Gasteiger partial charge < -0.3 is 19.9 Å². The van der Waals surface area contributed by atoms with Crippen LogP contribution in [0.15, 0.2) is 18.2 Å². The molecule has 0 aliphatic heterocycles. The van der Waals surface area contributed by atoms with Crippen molar-refractivity contribution < 1.29 is 19.1 Å². The number of ether oxygens (including phenoxy) is 3. The summed E-state index contributed by atoms with van der Waals surface area (Å²) in [6, 6.07) is 4.30. The molecule has 20 heavy (non-hydrogen) atoms. The lowest BCUT2D eigenvalue weighted by molar-refractivity contribution is -0.386. The Morgan fingerprint density at radius 2 is 2.25 bits per heavy atom. The molecular weight excluding hydrogens is 264 g/mol. The molecule has 3 unspecified atom stereocenters. The maximum Gasteiger partial charge on any atom is 0.311 e. The van der Waals surface area contributed by atoms with Crippen LogP contribution in [0.5, 0.6) is 11.5 Å². The maximum absolute atomic E-state index is 11.0. The van der Waals surface area contributed by atoms with Crippen LogP contribution >= 0.6 is 0 Å². The van der Waals surface area contributed by atoms with Gasteiger partial charge in [0.25, 0.3) is 0 Å². The van der Waals surface area contributed by atoms with Crippen LogP contribution in [-0.2, 0) is 4.74 Å². The number of nitro groups is 1. The highest BCUT2D eigenvalue weighted by Gasteiger charge is 2.42. The topological polar surface area (TPSA) is 96.9 Å². The van der Waals surface area contributed by atoms with Crippen molar-refractivity contribution in [3.05, 3.63) is 28.3 Å². The Kier molecular flexibility index (Phi) is 4.41. The van der Waals surface area contributed by atoms with Crippen LogP contribution < -0.4 is 15.2 Å². The van der Waals surface area contributed by atoms with E-state index in [-0.39, 0.29) is 29.7 Å². The summed E-state index contributed by atoms with van der Waals surface area (Å²) in [6.45, 7) is 2.40. The smallest absolute Gasteiger partial charge is 0.311 e. The quantitative estimate of drug-likeness (QED) is 0.627. The van der Waals surface area contributed by atoms with Gasteiger partial charge in [0.15, 0.2) is 0 Å². The Balaban J connectivity index is 2.17. The predicted molar refractivity (Wildman–Crippen MR) is 72.1 cm³/mol. The molecule has 1 aliphatic carbocycles. The SMILES string of the molecule is CCOC1C(N)CC1Oc1cc(OC)ccc1[N+](=O)[O-]. The Morgan fingerprint density at radius 1 is 1.50 bits per heavy atom. The van der Waals surface area contributed by atoms with Gasteiger partial charge in [0.2, 0.25) is 5.75 Å². The lowest BCUT2D eigenvalue weighted by atomic mass is 9.86. The summed E-state index contributed by atoms with van der Waals surface area (Å²) in [5.41, 5.74) is 5.75. The van der Waals surface area contributed by atoms with Crippen molar-refractivity contribution in [2.24, 2.45) is 5.73 Å². The normalized spacial score (nSPS) is 24.9. The molecule has 2 N–H and O–H groups in total. The third kappa shape index (κ3) is 2.83. The van der Waals surface area contributed by atoms with Crippen molar-refractivity contribution in [1.29, 1.82) is 0 Å². The van der Waals surface area contributed by atoms with Gasteiger partial charge in [0.05, 0.1) is 12.0 Å². The average molecular weight is 282 g/mol. The predicted octanol–water partition coefficient (Wildman–Crippen LogP) is 1.49. The molecule has 3 atom stereocenters. The summed E-state index contributed by atoms with van der Waals surface area (Å²) >= 11 is 0. The standard InChI is InChI=1S/C13H18N2O5/c1-3-19-13-9(14)7-12(13)20-11-6-8(18-2)4-5-10(11)15(16)17/h4-6,9,12-13H,3,7,14H2,1-2H3. The fourth-order valence-electron chi connectivity index (χ4n) is 2.18. The summed E-state index contributed by atoms with van der Waals surface area (Å²) in [7, 11) is 1.49. The minimum Gasteiger partial charge on any atom is -0.497 e. The number of nitro benzene ring substituents is 1. The Hall–Kier alpha value is -1.86. The molecule has 7 heteroatoms. The van der Waals surface area contributed by atoms with Gasteiger partial charge >= 0.3 is 5.69 Å². The molecule has 0 amide bonds. The molecule has 7 nitrogen and oxygen atoms in total. The van der Waals surface area contributed by atoms with E-state index in [2.05, 4.69) is 0 Å². The van der Waals surface area contributed by atoms with Crippen LogP contribution in [0.2, 0.25) is 0 Å². The fraction of sp³-hybridized carbons (Fsp3) is 0.538. The largest absolute Gasteiger partial charge is 0.497 e. The molecule has 1 aliphatic rings. The van der Waals surface area contributed by atoms with E-state index in [9.17, 15) is 10.1 Å². The van der Waals surface area contributed by atoms with Gasteiger partial charge in [-0.25, -0.2) is 0 Å². The maximum atomic E-state index is 11.0. The van der Waals surface area contributed by atoms with Crippen LogP contribution in [-0.4, -0.2) is 36.9 Å². The highest BCUT2D eigenvalue weighted by Crippen LogP contribution is 2.35. The van der Waals surface area contributed by atoms with Gasteiger partial charge in [-0.15, -0.1) is 0 Å². The highest BCUT2D eigenvalue weighted by atomic mass is 16.6. The Morgan fingerprint density at radius 3 is 2.80 bits per heavy atom. The summed E-state index contributed by atoms with van der Waals surface area (Å²) in [4.78, 5) is 10.5. The number of nitrogens with two attached hydrogens (primary N) is 1. The van der Waals surface area contributed by atoms with Gasteiger partial charge in [-0.1, -0.05) is 0 Å². The molecule has 0 heterocycles. The van der Waals surface area contributed by atoms with Crippen molar-refractivity contribution in [2.45, 2.75) is 31.6 Å². The van der Waals surface area contributed by atoms with Gasteiger partial charge in [-0.2, -0.15) is 0 Å². The zero-order valence-corrected chi connectivity index (χ0v) is 11.4. The number of benzene rings is 1. The average Bonchev–Trinajstić information content (AvgIpc) is 2.43. The second kappa shape index (κ2) is 6.06. The van der Waals surface area contributed by atoms with Crippen LogP contribution in [0.4, 0.5) is 5.69 Å². The van der Waals surface area contributed by atoms with Crippen LogP contribution in [0.1, 0.15) is 13.3 Å². The molecule has 0 spiro atoms. The molecule has 0 bridgehead atoms. The second-order valence-electron chi connectivity index (χ2n) is 4.57. The number of hydrogen-bond donors (Lipinski definition) is 1. The molecule has 110 valence electrons. The molecule has 1 saturated carbocycles. The highest BCUT2D eigenvalue weighted by molar-refractivity contribution is 5.50. The second-order valence-corrected chi connectivity index (χ2v) is 4.57. The summed E-state index contributed by atoms with van der Waals surface area (Å²) in [5.74, 6) is 0.679. The van der Waals surface area contributed by atoms with E-state index in [1.54, 1.807) is 0 Å². The minimum atomic E-state index is -0.483. The Bertz CT molecular complexity index is 494. The van der Waals surface area contributed by atoms with E-state index in [4.69, 9.17) is 19.9 Å². The van der Waals surface area contributed by atoms with Gasteiger partial charge in [-0.3, -0.25) is 10.1 Å². The number of hydrogen-bond acceptors (Lipinski definition) is 6. The first kappa shape index (κ1) is 14.5. The molecule has 1 aromatic carbocycles. The minimum absolute atomic E-state index is 0.0930. The van der Waals surface area contributed by atoms with E-state index >= 15 is 0 Å². The van der Waals surface area contributed by atoms with Crippen molar-refractivity contribution in [3.63, 3.8) is 0 Å². The van der Waals surface area contributed by atoms with E-state index in [0.29, 0.717) is 18.8 Å². The van der Waals surface area contributed by atoms with Crippen LogP contribution in [0.25, 0.3) is 0 Å². The van der Waals surface area contributed by atoms with Gasteiger partial charge in [-0.05, 0) is 13.0 Å². The van der Waals surface area contributed by atoms with Crippen molar-refractivity contribution >= 4 is 5.69 Å². The summed E-state index contributed by atoms with van der Waals surface area (Å²) in [5, 5.41) is 11.0. The monoisotopic (exact) mass is 282 g/mol. The van der Waals surface area contributed by atoms with Crippen molar-refractivity contribution in [3.8, 4) is 11.5 Å². The first-order valence-corrected chi connectivity index (χ1v) is 6.43. The zero-order chi connectivity index (χ0) is 14.7. The van der Waals surface area contributed by atoms with E-state index in [1.165, 1.54) is 25.3 Å². The third-order valence-corrected chi connectivity index (χ3v) is 3.29. The van der Waals surface area contributed by atoms with E-state index in [1.807, 2.05) is 6.92 Å². The van der Waals surface area contributed by atoms with Gasteiger partial charge in [0.1, 0.15) is 18.0 Å². The van der Waals surface area contributed by atoms with Crippen molar-refractivity contribution in [2.75, 3.05) is 13.7 Å². The Labute approximate surface area is 116 Å². The first-order chi connectivity index (χ1) is 9.56. The number of nitrogens with zero attached hydrogens (tertiary/aromatic N) is 1. The molecular formula is C13H18N2O5. The molecule has 0 radical (unpaired) electrons. The zero-order valence-electron chi connectivity index (χ0n) is 11.4. The van der Waals surface area contributed by atoms with Crippen LogP contribution in [0, 0.1) is 10.1 Å². The molecule has 0 saturated heterocycles. The fourth-order valence-corrected chi connectivity index (χ4v) is 2.18. The van der Waals surface area contributed by atoms with Crippen molar-refractivity contribution in [1.82, 2.24) is 0 Å². The van der Waals surface area contributed by atoms with Gasteiger partial charge in [0, 0.05) is 31.2 Å². The number of rotatable bonds is 6. The van der Waals surface area contributed by atoms with E-state index in [0.717, 1.165) is 0 Å². The lowest BCUT2D eigenvalue weighted by Gasteiger charge is -2.41. The summed E-state index contributed by atoms with van der Waals surface area (Å²) < 4.78 is 16.2. The molecule has 1 aromatic rings. The molecule has 2 rings (SSSR count). The summed E-state index contributed by atoms with van der Waals surface area (Å²) in [6.07, 6.45) is 0.112. The third-order valence-electron chi connectivity index (χ3n) is 3.29. The lowest BCUT2D eigenvalue weighted by Crippen LogP contribution is -2.59. The van der Waals surface area contributed by atoms with Crippen LogP contribution in [0.3, 0.4) is 0 Å².